The second-order valence-corrected chi connectivity index (χ2v) is 5.45. The molecule has 8 heteroatoms. The summed E-state index contributed by atoms with van der Waals surface area (Å²) >= 11 is 6.01. The van der Waals surface area contributed by atoms with Crippen molar-refractivity contribution in [2.45, 2.75) is 0 Å². The second-order valence-electron chi connectivity index (χ2n) is 3.34. The first-order chi connectivity index (χ1) is 7.70. The van der Waals surface area contributed by atoms with Crippen molar-refractivity contribution in [3.63, 3.8) is 0 Å². The Hall–Kier alpha value is -0.920. The van der Waals surface area contributed by atoms with Crippen LogP contribution in [-0.2, 0) is 10.8 Å². The monoisotopic (exact) mass is 261 g/mol. The first-order valence-corrected chi connectivity index (χ1v) is 6.66. The highest BCUT2D eigenvalue weighted by atomic mass is 35.5. The molecule has 1 aromatic rings. The van der Waals surface area contributed by atoms with Crippen LogP contribution in [0, 0.1) is 0 Å². The van der Waals surface area contributed by atoms with Gasteiger partial charge in [0.15, 0.2) is 5.82 Å². The molecule has 16 heavy (non-hydrogen) atoms. The maximum absolute atomic E-state index is 11.2. The van der Waals surface area contributed by atoms with Crippen molar-refractivity contribution in [1.29, 1.82) is 0 Å². The van der Waals surface area contributed by atoms with Crippen LogP contribution in [0.15, 0.2) is 6.20 Å². The van der Waals surface area contributed by atoms with Gasteiger partial charge in [-0.15, -0.1) is 0 Å². The Bertz CT molecular complexity index is 405. The van der Waals surface area contributed by atoms with Crippen molar-refractivity contribution in [3.8, 4) is 0 Å². The van der Waals surface area contributed by atoms with Gasteiger partial charge in [0.05, 0.1) is 6.20 Å². The molecule has 1 aliphatic heterocycles. The average molecular weight is 262 g/mol. The molecule has 88 valence electrons. The van der Waals surface area contributed by atoms with Crippen LogP contribution in [0.1, 0.15) is 0 Å². The lowest BCUT2D eigenvalue weighted by Gasteiger charge is -2.27. The van der Waals surface area contributed by atoms with Gasteiger partial charge >= 0.3 is 0 Å². The van der Waals surface area contributed by atoms with Gasteiger partial charge in [-0.05, 0) is 0 Å². The van der Waals surface area contributed by atoms with Gasteiger partial charge in [0.25, 0.3) is 0 Å². The van der Waals surface area contributed by atoms with E-state index in [1.54, 1.807) is 0 Å². The highest BCUT2D eigenvalue weighted by molar-refractivity contribution is 7.85. The number of anilines is 2. The molecule has 2 rings (SSSR count). The number of halogens is 1. The summed E-state index contributed by atoms with van der Waals surface area (Å²) in [5.74, 6) is 7.49. The zero-order valence-electron chi connectivity index (χ0n) is 8.52. The third-order valence-corrected chi connectivity index (χ3v) is 3.87. The Balaban J connectivity index is 2.22. The van der Waals surface area contributed by atoms with E-state index in [1.165, 1.54) is 6.20 Å². The van der Waals surface area contributed by atoms with E-state index in [1.807, 2.05) is 4.90 Å². The van der Waals surface area contributed by atoms with Gasteiger partial charge in [-0.2, -0.15) is 4.98 Å². The molecule has 1 aliphatic rings. The highest BCUT2D eigenvalue weighted by Crippen LogP contribution is 2.24. The summed E-state index contributed by atoms with van der Waals surface area (Å²) in [5.41, 5.74) is 2.37. The lowest BCUT2D eigenvalue weighted by Crippen LogP contribution is -2.38. The van der Waals surface area contributed by atoms with Crippen molar-refractivity contribution in [3.05, 3.63) is 11.2 Å². The van der Waals surface area contributed by atoms with Gasteiger partial charge in [0.1, 0.15) is 5.02 Å². The quantitative estimate of drug-likeness (QED) is 0.575. The lowest BCUT2D eigenvalue weighted by molar-refractivity contribution is 0.672. The van der Waals surface area contributed by atoms with E-state index in [0.29, 0.717) is 41.4 Å². The van der Waals surface area contributed by atoms with E-state index in [2.05, 4.69) is 15.4 Å². The van der Waals surface area contributed by atoms with Crippen molar-refractivity contribution in [1.82, 2.24) is 9.97 Å². The van der Waals surface area contributed by atoms with Gasteiger partial charge in [0, 0.05) is 35.4 Å². The number of hydrogen-bond acceptors (Lipinski definition) is 6. The maximum Gasteiger partial charge on any atom is 0.239 e. The smallest absolute Gasteiger partial charge is 0.239 e. The topological polar surface area (TPSA) is 84.1 Å². The fourth-order valence-corrected chi connectivity index (χ4v) is 2.76. The predicted octanol–water partition coefficient (Wildman–Crippen LogP) is -0.0157. The molecule has 2 heterocycles. The standard InChI is InChI=1S/C8H12ClN5OS/c9-6-5-11-8(13-10)12-7(6)14-1-3-16(15)4-2-14/h5H,1-4,10H2,(H,11,12,13). The zero-order valence-corrected chi connectivity index (χ0v) is 10.1. The summed E-state index contributed by atoms with van der Waals surface area (Å²) in [6.07, 6.45) is 1.50. The van der Waals surface area contributed by atoms with Gasteiger partial charge in [-0.25, -0.2) is 10.8 Å². The Morgan fingerprint density at radius 1 is 1.50 bits per heavy atom. The minimum absolute atomic E-state index is 0.325. The molecule has 3 N–H and O–H groups in total. The number of hydrazine groups is 1. The summed E-state index contributed by atoms with van der Waals surface area (Å²) < 4.78 is 11.2. The molecule has 0 amide bonds. The molecule has 0 atom stereocenters. The number of aromatic nitrogens is 2. The molecule has 6 nitrogen and oxygen atoms in total. The van der Waals surface area contributed by atoms with Gasteiger partial charge < -0.3 is 4.90 Å². The van der Waals surface area contributed by atoms with Crippen LogP contribution >= 0.6 is 11.6 Å². The molecule has 0 aliphatic carbocycles. The van der Waals surface area contributed by atoms with E-state index >= 15 is 0 Å². The molecule has 0 spiro atoms. The zero-order chi connectivity index (χ0) is 11.5. The Morgan fingerprint density at radius 3 is 2.81 bits per heavy atom. The Morgan fingerprint density at radius 2 is 2.19 bits per heavy atom. The third-order valence-electron chi connectivity index (χ3n) is 2.33. The van der Waals surface area contributed by atoms with Crippen LogP contribution in [-0.4, -0.2) is 38.8 Å². The normalized spacial score (nSPS) is 17.5. The molecule has 1 aromatic heterocycles. The maximum atomic E-state index is 11.2. The number of rotatable bonds is 2. The van der Waals surface area contributed by atoms with E-state index < -0.39 is 10.8 Å². The third kappa shape index (κ3) is 2.42. The van der Waals surface area contributed by atoms with E-state index in [0.717, 1.165) is 0 Å². The SMILES string of the molecule is NNc1ncc(Cl)c(N2CCS(=O)CC2)n1. The van der Waals surface area contributed by atoms with Gasteiger partial charge in [0.2, 0.25) is 5.95 Å². The van der Waals surface area contributed by atoms with E-state index in [-0.39, 0.29) is 0 Å². The summed E-state index contributed by atoms with van der Waals surface area (Å²) in [7, 11) is -0.717. The van der Waals surface area contributed by atoms with Crippen LogP contribution < -0.4 is 16.2 Å². The van der Waals surface area contributed by atoms with Crippen molar-refractivity contribution in [2.24, 2.45) is 5.84 Å². The van der Waals surface area contributed by atoms with Crippen molar-refractivity contribution < 1.29 is 4.21 Å². The summed E-state index contributed by atoms with van der Waals surface area (Å²) in [5, 5.41) is 0.478. The molecule has 0 radical (unpaired) electrons. The summed E-state index contributed by atoms with van der Waals surface area (Å²) in [6.45, 7) is 1.38. The van der Waals surface area contributed by atoms with Crippen LogP contribution in [0.4, 0.5) is 11.8 Å². The Kier molecular flexibility index (Phi) is 3.57. The molecule has 0 unspecified atom stereocenters. The van der Waals surface area contributed by atoms with Crippen molar-refractivity contribution >= 4 is 34.2 Å². The van der Waals surface area contributed by atoms with E-state index in [4.69, 9.17) is 17.4 Å². The number of hydrogen-bond donors (Lipinski definition) is 2. The van der Waals surface area contributed by atoms with E-state index in [9.17, 15) is 4.21 Å². The summed E-state index contributed by atoms with van der Waals surface area (Å²) in [4.78, 5) is 10.1. The van der Waals surface area contributed by atoms with Crippen molar-refractivity contribution in [2.75, 3.05) is 34.9 Å². The van der Waals surface area contributed by atoms with Crippen LogP contribution in [0.3, 0.4) is 0 Å². The largest absolute Gasteiger partial charge is 0.353 e. The Labute approximate surface area is 101 Å². The molecular formula is C8H12ClN5OS. The number of nitrogens with zero attached hydrogens (tertiary/aromatic N) is 3. The highest BCUT2D eigenvalue weighted by Gasteiger charge is 2.19. The number of nitrogens with one attached hydrogen (secondary N) is 1. The van der Waals surface area contributed by atoms with Crippen LogP contribution in [0.25, 0.3) is 0 Å². The van der Waals surface area contributed by atoms with Gasteiger partial charge in [-0.3, -0.25) is 9.63 Å². The number of nitrogens with two attached hydrogens (primary N) is 1. The predicted molar refractivity (Wildman–Crippen MR) is 64.9 cm³/mol. The molecule has 0 bridgehead atoms. The molecule has 1 saturated heterocycles. The second kappa shape index (κ2) is 4.94. The fraction of sp³-hybridized carbons (Fsp3) is 0.500. The first kappa shape index (κ1) is 11.6. The molecule has 1 fully saturated rings. The minimum atomic E-state index is -0.717. The molecule has 0 aromatic carbocycles. The fourth-order valence-electron chi connectivity index (χ4n) is 1.50. The lowest BCUT2D eigenvalue weighted by atomic mass is 10.4. The van der Waals surface area contributed by atoms with Crippen LogP contribution in [0.2, 0.25) is 5.02 Å². The summed E-state index contributed by atoms with van der Waals surface area (Å²) in [6, 6.07) is 0. The van der Waals surface area contributed by atoms with Gasteiger partial charge in [-0.1, -0.05) is 11.6 Å². The molecule has 0 saturated carbocycles. The average Bonchev–Trinajstić information content (AvgIpc) is 2.31. The van der Waals surface area contributed by atoms with Crippen LogP contribution in [0.5, 0.6) is 0 Å². The number of nitrogen functional groups attached to an aromatic ring is 1. The molecular weight excluding hydrogens is 250 g/mol. The first-order valence-electron chi connectivity index (χ1n) is 4.80. The minimum Gasteiger partial charge on any atom is -0.353 e.